The number of fused-ring (bicyclic) bond motifs is 1. The second-order valence-electron chi connectivity index (χ2n) is 9.50. The monoisotopic (exact) mass is 419 g/mol. The quantitative estimate of drug-likeness (QED) is 0.701. The lowest BCUT2D eigenvalue weighted by Gasteiger charge is -2.40. The lowest BCUT2D eigenvalue weighted by Crippen LogP contribution is -2.50. The molecule has 1 saturated heterocycles. The van der Waals surface area contributed by atoms with Gasteiger partial charge < -0.3 is 14.5 Å². The highest BCUT2D eigenvalue weighted by molar-refractivity contribution is 5.98. The minimum absolute atomic E-state index is 0.0538. The molecule has 1 amide bonds. The van der Waals surface area contributed by atoms with Gasteiger partial charge in [0.15, 0.2) is 0 Å². The van der Waals surface area contributed by atoms with E-state index in [1.807, 2.05) is 6.07 Å². The molecule has 0 bridgehead atoms. The standard InChI is InChI=1S/C27H34N2O2/c1-29(2,26-14-16-31-17-15-26)20-22-12-10-21(11-13-22)19-28-27(30)25-9-5-8-23-6-3-4-7-24(23)18-25/h3-4,6-7,10-13,18,26H,5,8-9,14-17,19-20H2,1-2H3/p+1. The molecule has 2 aromatic rings. The number of carbonyl (C=O) groups excluding carboxylic acids is 1. The number of nitrogens with one attached hydrogen (secondary N) is 1. The summed E-state index contributed by atoms with van der Waals surface area (Å²) in [6, 6.07) is 17.8. The Labute approximate surface area is 186 Å². The zero-order valence-electron chi connectivity index (χ0n) is 18.9. The molecular weight excluding hydrogens is 384 g/mol. The Hall–Kier alpha value is -2.43. The molecule has 0 unspecified atom stereocenters. The number of ether oxygens (including phenoxy) is 1. The molecule has 2 aliphatic rings. The van der Waals surface area contributed by atoms with Gasteiger partial charge in [0.25, 0.3) is 0 Å². The summed E-state index contributed by atoms with van der Waals surface area (Å²) in [6.45, 7) is 3.35. The molecule has 164 valence electrons. The van der Waals surface area contributed by atoms with Crippen molar-refractivity contribution in [2.75, 3.05) is 27.3 Å². The fourth-order valence-electron chi connectivity index (χ4n) is 4.85. The molecule has 0 saturated carbocycles. The molecule has 4 rings (SSSR count). The van der Waals surface area contributed by atoms with Gasteiger partial charge in [0.05, 0.1) is 33.4 Å². The molecule has 0 aromatic heterocycles. The number of rotatable bonds is 6. The maximum absolute atomic E-state index is 12.8. The molecule has 0 spiro atoms. The number of amides is 1. The van der Waals surface area contributed by atoms with Gasteiger partial charge in [-0.05, 0) is 42.0 Å². The number of quaternary nitrogens is 1. The Morgan fingerprint density at radius 2 is 1.71 bits per heavy atom. The van der Waals surface area contributed by atoms with E-state index in [0.717, 1.165) is 67.5 Å². The molecular formula is C27H35N2O2+. The van der Waals surface area contributed by atoms with Crippen LogP contribution in [0.25, 0.3) is 6.08 Å². The van der Waals surface area contributed by atoms with Gasteiger partial charge in [0.2, 0.25) is 5.91 Å². The van der Waals surface area contributed by atoms with Crippen LogP contribution in [0.15, 0.2) is 54.1 Å². The van der Waals surface area contributed by atoms with Gasteiger partial charge in [0, 0.05) is 30.5 Å². The first-order valence-corrected chi connectivity index (χ1v) is 11.6. The van der Waals surface area contributed by atoms with E-state index >= 15 is 0 Å². The molecule has 1 N–H and O–H groups in total. The molecule has 1 aliphatic heterocycles. The van der Waals surface area contributed by atoms with E-state index in [4.69, 9.17) is 4.74 Å². The van der Waals surface area contributed by atoms with Crippen molar-refractivity contribution >= 4 is 12.0 Å². The van der Waals surface area contributed by atoms with Gasteiger partial charge in [0.1, 0.15) is 6.54 Å². The van der Waals surface area contributed by atoms with E-state index in [2.05, 4.69) is 68.0 Å². The molecule has 1 heterocycles. The minimum Gasteiger partial charge on any atom is -0.381 e. The van der Waals surface area contributed by atoms with Crippen LogP contribution in [0.2, 0.25) is 0 Å². The molecule has 2 aromatic carbocycles. The van der Waals surface area contributed by atoms with E-state index in [1.54, 1.807) is 0 Å². The Bertz CT molecular complexity index is 925. The third-order valence-electron chi connectivity index (χ3n) is 6.81. The summed E-state index contributed by atoms with van der Waals surface area (Å²) in [7, 11) is 4.64. The number of nitrogens with zero attached hydrogens (tertiary/aromatic N) is 1. The molecule has 31 heavy (non-hydrogen) atoms. The summed E-state index contributed by atoms with van der Waals surface area (Å²) < 4.78 is 6.52. The fraction of sp³-hybridized carbons (Fsp3) is 0.444. The van der Waals surface area contributed by atoms with Gasteiger partial charge in [-0.25, -0.2) is 0 Å². The highest BCUT2D eigenvalue weighted by atomic mass is 16.5. The fourth-order valence-corrected chi connectivity index (χ4v) is 4.85. The van der Waals surface area contributed by atoms with Crippen molar-refractivity contribution in [1.29, 1.82) is 0 Å². The zero-order chi connectivity index (χ0) is 21.7. The number of benzene rings is 2. The lowest BCUT2D eigenvalue weighted by atomic mass is 10.0. The van der Waals surface area contributed by atoms with E-state index in [9.17, 15) is 4.79 Å². The van der Waals surface area contributed by atoms with Crippen LogP contribution in [-0.4, -0.2) is 43.7 Å². The molecule has 4 nitrogen and oxygen atoms in total. The molecule has 0 atom stereocenters. The summed E-state index contributed by atoms with van der Waals surface area (Å²) in [5.41, 5.74) is 5.89. The van der Waals surface area contributed by atoms with Crippen LogP contribution in [-0.2, 0) is 29.0 Å². The van der Waals surface area contributed by atoms with Crippen molar-refractivity contribution in [3.05, 3.63) is 76.4 Å². The second kappa shape index (κ2) is 9.80. The van der Waals surface area contributed by atoms with Crippen LogP contribution >= 0.6 is 0 Å². The zero-order valence-corrected chi connectivity index (χ0v) is 18.9. The topological polar surface area (TPSA) is 38.3 Å². The Balaban J connectivity index is 1.33. The first-order valence-electron chi connectivity index (χ1n) is 11.6. The van der Waals surface area contributed by atoms with Crippen molar-refractivity contribution in [2.45, 2.75) is 51.2 Å². The summed E-state index contributed by atoms with van der Waals surface area (Å²) in [5.74, 6) is 0.0538. The summed E-state index contributed by atoms with van der Waals surface area (Å²) in [6.07, 6.45) is 7.23. The van der Waals surface area contributed by atoms with E-state index in [1.165, 1.54) is 16.7 Å². The van der Waals surface area contributed by atoms with E-state index < -0.39 is 0 Å². The average Bonchev–Trinajstić information content (AvgIpc) is 3.01. The third kappa shape index (κ3) is 5.63. The second-order valence-corrected chi connectivity index (χ2v) is 9.50. The van der Waals surface area contributed by atoms with Crippen LogP contribution in [0.5, 0.6) is 0 Å². The highest BCUT2D eigenvalue weighted by Gasteiger charge is 2.30. The van der Waals surface area contributed by atoms with Gasteiger partial charge in [-0.3, -0.25) is 4.79 Å². The van der Waals surface area contributed by atoms with Crippen LogP contribution in [0.1, 0.15) is 47.9 Å². The highest BCUT2D eigenvalue weighted by Crippen LogP contribution is 2.24. The predicted octanol–water partition coefficient (Wildman–Crippen LogP) is 4.48. The number of hydrogen-bond acceptors (Lipinski definition) is 2. The van der Waals surface area contributed by atoms with Gasteiger partial charge in [-0.15, -0.1) is 0 Å². The van der Waals surface area contributed by atoms with Gasteiger partial charge in [-0.1, -0.05) is 48.5 Å². The van der Waals surface area contributed by atoms with Gasteiger partial charge in [-0.2, -0.15) is 0 Å². The first-order chi connectivity index (χ1) is 15.0. The van der Waals surface area contributed by atoms with Crippen molar-refractivity contribution in [2.24, 2.45) is 0 Å². The van der Waals surface area contributed by atoms with Crippen LogP contribution in [0.4, 0.5) is 0 Å². The van der Waals surface area contributed by atoms with Crippen molar-refractivity contribution in [3.63, 3.8) is 0 Å². The molecule has 1 aliphatic carbocycles. The van der Waals surface area contributed by atoms with Crippen LogP contribution in [0.3, 0.4) is 0 Å². The summed E-state index contributed by atoms with van der Waals surface area (Å²) >= 11 is 0. The molecule has 1 fully saturated rings. The largest absolute Gasteiger partial charge is 0.381 e. The normalized spacial score (nSPS) is 17.4. The first kappa shape index (κ1) is 21.8. The smallest absolute Gasteiger partial charge is 0.247 e. The maximum atomic E-state index is 12.8. The molecule has 0 radical (unpaired) electrons. The van der Waals surface area contributed by atoms with E-state index in [-0.39, 0.29) is 5.91 Å². The Morgan fingerprint density at radius 1 is 1.00 bits per heavy atom. The number of aryl methyl sites for hydroxylation is 1. The van der Waals surface area contributed by atoms with Crippen LogP contribution < -0.4 is 5.32 Å². The van der Waals surface area contributed by atoms with Crippen LogP contribution in [0, 0.1) is 0 Å². The number of carbonyl (C=O) groups is 1. The van der Waals surface area contributed by atoms with Crippen molar-refractivity contribution in [3.8, 4) is 0 Å². The summed E-state index contributed by atoms with van der Waals surface area (Å²) in [5, 5.41) is 3.12. The predicted molar refractivity (Wildman–Crippen MR) is 125 cm³/mol. The number of hydrogen-bond donors (Lipinski definition) is 1. The third-order valence-corrected chi connectivity index (χ3v) is 6.81. The Kier molecular flexibility index (Phi) is 6.89. The molecule has 4 heteroatoms. The van der Waals surface area contributed by atoms with Crippen molar-refractivity contribution < 1.29 is 14.0 Å². The minimum atomic E-state index is 0.0538. The van der Waals surface area contributed by atoms with E-state index in [0.29, 0.717) is 12.6 Å². The lowest BCUT2D eigenvalue weighted by molar-refractivity contribution is -0.929. The van der Waals surface area contributed by atoms with Gasteiger partial charge >= 0.3 is 0 Å². The maximum Gasteiger partial charge on any atom is 0.247 e. The average molecular weight is 420 g/mol. The summed E-state index contributed by atoms with van der Waals surface area (Å²) in [4.78, 5) is 12.8. The Morgan fingerprint density at radius 3 is 2.48 bits per heavy atom. The SMILES string of the molecule is C[N+](C)(Cc1ccc(CNC(=O)C2=Cc3ccccc3CCC2)cc1)C1CCOCC1. The van der Waals surface area contributed by atoms with Crippen molar-refractivity contribution in [1.82, 2.24) is 5.32 Å².